The minimum atomic E-state index is 0. The van der Waals surface area contributed by atoms with E-state index in [1.165, 1.54) is 11.3 Å². The van der Waals surface area contributed by atoms with Crippen LogP contribution in [0.2, 0.25) is 0 Å². The molecule has 1 atom stereocenters. The molecule has 0 saturated carbocycles. The molecule has 3 heterocycles. The Balaban J connectivity index is 0.00000225. The first kappa shape index (κ1) is 20.9. The molecule has 1 unspecified atom stereocenters. The molecule has 0 bridgehead atoms. The van der Waals surface area contributed by atoms with E-state index >= 15 is 0 Å². The molecule has 2 aliphatic rings. The zero-order valence-electron chi connectivity index (χ0n) is 15.9. The van der Waals surface area contributed by atoms with Crippen LogP contribution in [0.3, 0.4) is 0 Å². The number of ether oxygens (including phenoxy) is 2. The van der Waals surface area contributed by atoms with Crippen LogP contribution in [0.25, 0.3) is 11.3 Å². The summed E-state index contributed by atoms with van der Waals surface area (Å²) >= 11 is 1.45. The fourth-order valence-electron chi connectivity index (χ4n) is 3.71. The van der Waals surface area contributed by atoms with Crippen molar-refractivity contribution in [3.8, 4) is 22.8 Å². The summed E-state index contributed by atoms with van der Waals surface area (Å²) in [6, 6.07) is 5.81. The summed E-state index contributed by atoms with van der Waals surface area (Å²) in [7, 11) is 0. The molecule has 6 nitrogen and oxygen atoms in total. The molecule has 8 heteroatoms. The number of anilines is 1. The second kappa shape index (κ2) is 9.58. The van der Waals surface area contributed by atoms with Gasteiger partial charge in [0.15, 0.2) is 16.6 Å². The topological polar surface area (TPSA) is 72.5 Å². The lowest BCUT2D eigenvalue weighted by atomic mass is 9.84. The number of nitrogens with zero attached hydrogens (tertiary/aromatic N) is 1. The van der Waals surface area contributed by atoms with E-state index in [1.807, 2.05) is 23.6 Å². The molecule has 0 spiro atoms. The van der Waals surface area contributed by atoms with E-state index in [4.69, 9.17) is 9.47 Å². The number of amides is 1. The molecule has 1 aromatic carbocycles. The highest BCUT2D eigenvalue weighted by Crippen LogP contribution is 2.35. The SMILES string of the molecule is CC(CC(=O)Nc1nc(-c2ccc3c(c2)OCCO3)cs1)C1CCNCC1.Cl. The Bertz CT molecular complexity index is 808. The van der Waals surface area contributed by atoms with E-state index in [2.05, 4.69) is 22.5 Å². The number of halogens is 1. The smallest absolute Gasteiger partial charge is 0.226 e. The van der Waals surface area contributed by atoms with Gasteiger partial charge in [-0.2, -0.15) is 0 Å². The maximum atomic E-state index is 12.4. The first-order valence-corrected chi connectivity index (χ1v) is 10.4. The average Bonchev–Trinajstić information content (AvgIpc) is 3.16. The van der Waals surface area contributed by atoms with Crippen LogP contribution in [-0.2, 0) is 4.79 Å². The highest BCUT2D eigenvalue weighted by atomic mass is 35.5. The zero-order valence-corrected chi connectivity index (χ0v) is 17.5. The predicted molar refractivity (Wildman–Crippen MR) is 114 cm³/mol. The number of nitrogens with one attached hydrogen (secondary N) is 2. The lowest BCUT2D eigenvalue weighted by molar-refractivity contribution is -0.117. The Hall–Kier alpha value is -1.83. The van der Waals surface area contributed by atoms with Gasteiger partial charge in [-0.1, -0.05) is 6.92 Å². The van der Waals surface area contributed by atoms with Crippen LogP contribution in [0.1, 0.15) is 26.2 Å². The van der Waals surface area contributed by atoms with E-state index in [9.17, 15) is 4.79 Å². The Morgan fingerprint density at radius 3 is 2.82 bits per heavy atom. The lowest BCUT2D eigenvalue weighted by Gasteiger charge is -2.27. The van der Waals surface area contributed by atoms with Gasteiger partial charge in [0.1, 0.15) is 13.2 Å². The number of carbonyl (C=O) groups excluding carboxylic acids is 1. The summed E-state index contributed by atoms with van der Waals surface area (Å²) in [4.78, 5) is 17.0. The number of hydrogen-bond acceptors (Lipinski definition) is 6. The van der Waals surface area contributed by atoms with Gasteiger partial charge in [0.05, 0.1) is 5.69 Å². The Kier molecular flexibility index (Phi) is 7.15. The van der Waals surface area contributed by atoms with Gasteiger partial charge in [-0.3, -0.25) is 4.79 Å². The minimum Gasteiger partial charge on any atom is -0.486 e. The van der Waals surface area contributed by atoms with Gasteiger partial charge in [0.2, 0.25) is 5.91 Å². The Morgan fingerprint density at radius 2 is 2.04 bits per heavy atom. The van der Waals surface area contributed by atoms with E-state index in [-0.39, 0.29) is 18.3 Å². The van der Waals surface area contributed by atoms with Gasteiger partial charge in [-0.15, -0.1) is 23.7 Å². The van der Waals surface area contributed by atoms with E-state index < -0.39 is 0 Å². The molecule has 1 fully saturated rings. The summed E-state index contributed by atoms with van der Waals surface area (Å²) in [5.74, 6) is 2.57. The van der Waals surface area contributed by atoms with E-state index in [0.29, 0.717) is 36.6 Å². The lowest BCUT2D eigenvalue weighted by Crippen LogP contribution is -2.32. The van der Waals surface area contributed by atoms with Gasteiger partial charge in [0, 0.05) is 17.4 Å². The largest absolute Gasteiger partial charge is 0.486 e. The molecular formula is C20H26ClN3O3S. The quantitative estimate of drug-likeness (QED) is 0.761. The summed E-state index contributed by atoms with van der Waals surface area (Å²) in [5, 5.41) is 8.93. The van der Waals surface area contributed by atoms with Crippen LogP contribution < -0.4 is 20.1 Å². The predicted octanol–water partition coefficient (Wildman–Crippen LogP) is 3.97. The molecule has 1 saturated heterocycles. The number of carbonyl (C=O) groups is 1. The molecule has 0 radical (unpaired) electrons. The molecule has 2 aliphatic heterocycles. The molecule has 1 aromatic heterocycles. The third kappa shape index (κ3) is 4.96. The van der Waals surface area contributed by atoms with E-state index in [0.717, 1.165) is 48.7 Å². The molecule has 28 heavy (non-hydrogen) atoms. The number of aromatic nitrogens is 1. The van der Waals surface area contributed by atoms with Gasteiger partial charge in [-0.05, 0) is 56.0 Å². The van der Waals surface area contributed by atoms with Crippen molar-refractivity contribution in [2.45, 2.75) is 26.2 Å². The number of hydrogen-bond donors (Lipinski definition) is 2. The second-order valence-electron chi connectivity index (χ2n) is 7.21. The third-order valence-electron chi connectivity index (χ3n) is 5.28. The number of benzene rings is 1. The highest BCUT2D eigenvalue weighted by Gasteiger charge is 2.22. The van der Waals surface area contributed by atoms with Crippen molar-refractivity contribution in [2.75, 3.05) is 31.6 Å². The third-order valence-corrected chi connectivity index (χ3v) is 6.04. The van der Waals surface area contributed by atoms with Gasteiger partial charge >= 0.3 is 0 Å². The highest BCUT2D eigenvalue weighted by molar-refractivity contribution is 7.14. The van der Waals surface area contributed by atoms with Crippen LogP contribution in [-0.4, -0.2) is 37.2 Å². The molecular weight excluding hydrogens is 398 g/mol. The number of thiazole rings is 1. The summed E-state index contributed by atoms with van der Waals surface area (Å²) in [5.41, 5.74) is 1.79. The fourth-order valence-corrected chi connectivity index (χ4v) is 4.44. The summed E-state index contributed by atoms with van der Waals surface area (Å²) in [6.07, 6.45) is 2.85. The van der Waals surface area contributed by atoms with Crippen molar-refractivity contribution in [3.63, 3.8) is 0 Å². The first-order valence-electron chi connectivity index (χ1n) is 9.55. The minimum absolute atomic E-state index is 0. The van der Waals surface area contributed by atoms with Crippen LogP contribution >= 0.6 is 23.7 Å². The Morgan fingerprint density at radius 1 is 1.29 bits per heavy atom. The molecule has 2 N–H and O–H groups in total. The first-order chi connectivity index (χ1) is 13.2. The molecule has 1 amide bonds. The second-order valence-corrected chi connectivity index (χ2v) is 8.07. The van der Waals surface area contributed by atoms with Crippen LogP contribution in [0.15, 0.2) is 23.6 Å². The van der Waals surface area contributed by atoms with Crippen molar-refractivity contribution in [3.05, 3.63) is 23.6 Å². The number of rotatable bonds is 5. The maximum absolute atomic E-state index is 12.4. The van der Waals surface area contributed by atoms with Crippen molar-refractivity contribution in [1.82, 2.24) is 10.3 Å². The monoisotopic (exact) mass is 423 g/mol. The van der Waals surface area contributed by atoms with Crippen molar-refractivity contribution < 1.29 is 14.3 Å². The van der Waals surface area contributed by atoms with Crippen LogP contribution in [0.5, 0.6) is 11.5 Å². The summed E-state index contributed by atoms with van der Waals surface area (Å²) in [6.45, 7) is 5.43. The van der Waals surface area contributed by atoms with Crippen molar-refractivity contribution >= 4 is 34.8 Å². The van der Waals surface area contributed by atoms with Gasteiger partial charge < -0.3 is 20.1 Å². The number of piperidine rings is 1. The average molecular weight is 424 g/mol. The Labute approximate surface area is 175 Å². The number of fused-ring (bicyclic) bond motifs is 1. The van der Waals surface area contributed by atoms with Crippen LogP contribution in [0, 0.1) is 11.8 Å². The van der Waals surface area contributed by atoms with Crippen molar-refractivity contribution in [2.24, 2.45) is 11.8 Å². The van der Waals surface area contributed by atoms with E-state index in [1.54, 1.807) is 0 Å². The zero-order chi connectivity index (χ0) is 18.6. The molecule has 4 rings (SSSR count). The fraction of sp³-hybridized carbons (Fsp3) is 0.500. The molecule has 0 aliphatic carbocycles. The van der Waals surface area contributed by atoms with Gasteiger partial charge in [-0.25, -0.2) is 4.98 Å². The maximum Gasteiger partial charge on any atom is 0.226 e. The van der Waals surface area contributed by atoms with Crippen LogP contribution in [0.4, 0.5) is 5.13 Å². The van der Waals surface area contributed by atoms with Crippen molar-refractivity contribution in [1.29, 1.82) is 0 Å². The molecule has 152 valence electrons. The molecule has 2 aromatic rings. The normalized spacial score (nSPS) is 17.5. The van der Waals surface area contributed by atoms with Gasteiger partial charge in [0.25, 0.3) is 0 Å². The standard InChI is InChI=1S/C20H25N3O3S.ClH/c1-13(14-4-6-21-7-5-14)10-19(24)23-20-22-16(12-27-20)15-2-3-17-18(11-15)26-9-8-25-17;/h2-3,11-14,21H,4-10H2,1H3,(H,22,23,24);1H. The summed E-state index contributed by atoms with van der Waals surface area (Å²) < 4.78 is 11.2.